The number of hydrogen-bond acceptors (Lipinski definition) is 7. The zero-order valence-corrected chi connectivity index (χ0v) is 16.2. The standard InChI is InChI=1S/C17H24N4O2S2/c1-3-13-7-4-5-9-21(13)15(22)12(2)24-17-20-19-16(25-17)18-11-14-8-6-10-23-14/h6,8,10,12-13H,3-5,7,9,11H2,1-2H3,(H,18,19). The highest BCUT2D eigenvalue weighted by molar-refractivity contribution is 8.02. The summed E-state index contributed by atoms with van der Waals surface area (Å²) in [4.78, 5) is 14.9. The second-order valence-corrected chi connectivity index (χ2v) is 8.72. The van der Waals surface area contributed by atoms with Crippen LogP contribution < -0.4 is 5.32 Å². The maximum atomic E-state index is 12.8. The Hall–Kier alpha value is -1.54. The molecule has 0 saturated carbocycles. The normalized spacial score (nSPS) is 19.0. The number of anilines is 1. The van der Waals surface area contributed by atoms with Gasteiger partial charge in [-0.3, -0.25) is 4.79 Å². The Morgan fingerprint density at radius 3 is 3.16 bits per heavy atom. The van der Waals surface area contributed by atoms with Gasteiger partial charge in [0.2, 0.25) is 11.0 Å². The van der Waals surface area contributed by atoms with Crippen molar-refractivity contribution in [3.8, 4) is 0 Å². The van der Waals surface area contributed by atoms with Gasteiger partial charge in [-0.15, -0.1) is 10.2 Å². The molecule has 1 saturated heterocycles. The smallest absolute Gasteiger partial charge is 0.236 e. The second-order valence-electron chi connectivity index (χ2n) is 6.16. The Morgan fingerprint density at radius 1 is 1.52 bits per heavy atom. The van der Waals surface area contributed by atoms with Gasteiger partial charge in [0.25, 0.3) is 0 Å². The van der Waals surface area contributed by atoms with E-state index in [-0.39, 0.29) is 11.2 Å². The lowest BCUT2D eigenvalue weighted by atomic mass is 10.00. The van der Waals surface area contributed by atoms with Crippen LogP contribution in [0.15, 0.2) is 27.2 Å². The maximum absolute atomic E-state index is 12.8. The van der Waals surface area contributed by atoms with Crippen molar-refractivity contribution in [3.05, 3.63) is 24.2 Å². The Labute approximate surface area is 156 Å². The van der Waals surface area contributed by atoms with Crippen LogP contribution in [0, 0.1) is 0 Å². The van der Waals surface area contributed by atoms with Crippen molar-refractivity contribution in [2.75, 3.05) is 11.9 Å². The number of thioether (sulfide) groups is 1. The molecular weight excluding hydrogens is 356 g/mol. The lowest BCUT2D eigenvalue weighted by molar-refractivity contribution is -0.134. The van der Waals surface area contributed by atoms with Crippen LogP contribution in [0.3, 0.4) is 0 Å². The summed E-state index contributed by atoms with van der Waals surface area (Å²) in [5.41, 5.74) is 0. The number of hydrogen-bond donors (Lipinski definition) is 1. The van der Waals surface area contributed by atoms with E-state index in [1.54, 1.807) is 6.26 Å². The highest BCUT2D eigenvalue weighted by Gasteiger charge is 2.29. The molecule has 0 spiro atoms. The molecule has 0 aliphatic carbocycles. The minimum absolute atomic E-state index is 0.141. The average molecular weight is 381 g/mol. The molecular formula is C17H24N4O2S2. The summed E-state index contributed by atoms with van der Waals surface area (Å²) in [7, 11) is 0. The number of carbonyl (C=O) groups is 1. The fraction of sp³-hybridized carbons (Fsp3) is 0.588. The molecule has 2 aromatic heterocycles. The van der Waals surface area contributed by atoms with Gasteiger partial charge in [-0.2, -0.15) is 0 Å². The summed E-state index contributed by atoms with van der Waals surface area (Å²) < 4.78 is 6.10. The lowest BCUT2D eigenvalue weighted by Gasteiger charge is -2.36. The van der Waals surface area contributed by atoms with Crippen LogP contribution >= 0.6 is 23.1 Å². The molecule has 8 heteroatoms. The molecule has 0 bridgehead atoms. The van der Waals surface area contributed by atoms with Crippen molar-refractivity contribution < 1.29 is 9.21 Å². The molecule has 1 amide bonds. The molecule has 6 nitrogen and oxygen atoms in total. The van der Waals surface area contributed by atoms with Gasteiger partial charge in [-0.25, -0.2) is 0 Å². The van der Waals surface area contributed by atoms with Gasteiger partial charge in [0.15, 0.2) is 4.34 Å². The quantitative estimate of drug-likeness (QED) is 0.732. The van der Waals surface area contributed by atoms with E-state index in [2.05, 4.69) is 27.3 Å². The van der Waals surface area contributed by atoms with Crippen LogP contribution in [0.5, 0.6) is 0 Å². The van der Waals surface area contributed by atoms with E-state index in [1.807, 2.05) is 19.1 Å². The zero-order chi connectivity index (χ0) is 17.6. The minimum Gasteiger partial charge on any atom is -0.467 e. The van der Waals surface area contributed by atoms with E-state index in [0.29, 0.717) is 12.6 Å². The van der Waals surface area contributed by atoms with Crippen molar-refractivity contribution in [1.82, 2.24) is 15.1 Å². The topological polar surface area (TPSA) is 71.3 Å². The van der Waals surface area contributed by atoms with Crippen molar-refractivity contribution in [2.45, 2.75) is 61.7 Å². The van der Waals surface area contributed by atoms with E-state index in [1.165, 1.54) is 29.5 Å². The molecule has 1 aliphatic heterocycles. The molecule has 1 aliphatic rings. The summed E-state index contributed by atoms with van der Waals surface area (Å²) in [6.45, 7) is 5.59. The van der Waals surface area contributed by atoms with E-state index in [9.17, 15) is 4.79 Å². The summed E-state index contributed by atoms with van der Waals surface area (Å²) in [5, 5.41) is 12.1. The van der Waals surface area contributed by atoms with Crippen LogP contribution in [0.25, 0.3) is 0 Å². The second kappa shape index (κ2) is 8.71. The fourth-order valence-electron chi connectivity index (χ4n) is 3.06. The highest BCUT2D eigenvalue weighted by atomic mass is 32.2. The van der Waals surface area contributed by atoms with Crippen molar-refractivity contribution in [2.24, 2.45) is 0 Å². The molecule has 3 heterocycles. The van der Waals surface area contributed by atoms with Crippen LogP contribution in [-0.2, 0) is 11.3 Å². The Balaban J connectivity index is 1.53. The molecule has 2 atom stereocenters. The number of nitrogens with one attached hydrogen (secondary N) is 1. The number of aromatic nitrogens is 2. The number of carbonyl (C=O) groups excluding carboxylic acids is 1. The number of likely N-dealkylation sites (tertiary alicyclic amines) is 1. The third-order valence-electron chi connectivity index (χ3n) is 4.41. The molecule has 136 valence electrons. The highest BCUT2D eigenvalue weighted by Crippen LogP contribution is 2.31. The van der Waals surface area contributed by atoms with Crippen LogP contribution in [-0.4, -0.2) is 38.8 Å². The molecule has 1 fully saturated rings. The summed E-state index contributed by atoms with van der Waals surface area (Å²) in [6.07, 6.45) is 6.14. The molecule has 1 N–H and O–H groups in total. The summed E-state index contributed by atoms with van der Waals surface area (Å²) >= 11 is 2.96. The Kier molecular flexibility index (Phi) is 6.36. The first-order valence-electron chi connectivity index (χ1n) is 8.74. The average Bonchev–Trinajstić information content (AvgIpc) is 3.31. The molecule has 0 aromatic carbocycles. The van der Waals surface area contributed by atoms with Gasteiger partial charge in [-0.05, 0) is 44.7 Å². The SMILES string of the molecule is CCC1CCCCN1C(=O)C(C)Sc1nnc(NCc2ccco2)s1. The van der Waals surface area contributed by atoms with Gasteiger partial charge in [0.1, 0.15) is 5.76 Å². The van der Waals surface area contributed by atoms with Gasteiger partial charge in [0.05, 0.1) is 18.1 Å². The third-order valence-corrected chi connectivity index (χ3v) is 6.46. The monoisotopic (exact) mass is 380 g/mol. The fourth-order valence-corrected chi connectivity index (χ4v) is 5.02. The number of rotatable bonds is 7. The van der Waals surface area contributed by atoms with Crippen LogP contribution in [0.4, 0.5) is 5.13 Å². The van der Waals surface area contributed by atoms with Gasteiger partial charge < -0.3 is 14.6 Å². The largest absolute Gasteiger partial charge is 0.467 e. The maximum Gasteiger partial charge on any atom is 0.236 e. The van der Waals surface area contributed by atoms with Crippen molar-refractivity contribution in [1.29, 1.82) is 0 Å². The van der Waals surface area contributed by atoms with E-state index in [4.69, 9.17) is 4.42 Å². The molecule has 2 unspecified atom stereocenters. The first-order chi connectivity index (χ1) is 12.2. The van der Waals surface area contributed by atoms with Crippen LogP contribution in [0.2, 0.25) is 0 Å². The van der Waals surface area contributed by atoms with E-state index >= 15 is 0 Å². The zero-order valence-electron chi connectivity index (χ0n) is 14.6. The molecule has 3 rings (SSSR count). The van der Waals surface area contributed by atoms with E-state index < -0.39 is 0 Å². The van der Waals surface area contributed by atoms with Gasteiger partial charge in [-0.1, -0.05) is 30.0 Å². The minimum atomic E-state index is -0.141. The number of amides is 1. The summed E-state index contributed by atoms with van der Waals surface area (Å²) in [6, 6.07) is 4.16. The molecule has 25 heavy (non-hydrogen) atoms. The number of furan rings is 1. The first kappa shape index (κ1) is 18.3. The predicted octanol–water partition coefficient (Wildman–Crippen LogP) is 4.01. The number of nitrogens with zero attached hydrogens (tertiary/aromatic N) is 3. The Morgan fingerprint density at radius 2 is 2.40 bits per heavy atom. The Bertz CT molecular complexity index is 674. The first-order valence-corrected chi connectivity index (χ1v) is 10.4. The predicted molar refractivity (Wildman–Crippen MR) is 101 cm³/mol. The molecule has 2 aromatic rings. The van der Waals surface area contributed by atoms with E-state index in [0.717, 1.165) is 41.0 Å². The van der Waals surface area contributed by atoms with Gasteiger partial charge in [0, 0.05) is 12.6 Å². The third kappa shape index (κ3) is 4.76. The van der Waals surface area contributed by atoms with Crippen LogP contribution in [0.1, 0.15) is 45.3 Å². The van der Waals surface area contributed by atoms with Crippen molar-refractivity contribution >= 4 is 34.1 Å². The summed E-state index contributed by atoms with van der Waals surface area (Å²) in [5.74, 6) is 1.07. The molecule has 0 radical (unpaired) electrons. The lowest BCUT2D eigenvalue weighted by Crippen LogP contribution is -2.46. The van der Waals surface area contributed by atoms with Crippen molar-refractivity contribution in [3.63, 3.8) is 0 Å². The van der Waals surface area contributed by atoms with Gasteiger partial charge >= 0.3 is 0 Å². The number of piperidine rings is 1.